The molecule has 0 fully saturated rings. The molecule has 0 saturated carbocycles. The summed E-state index contributed by atoms with van der Waals surface area (Å²) in [5.74, 6) is 0. The van der Waals surface area contributed by atoms with Crippen molar-refractivity contribution >= 4 is 60.4 Å². The molecule has 0 unspecified atom stereocenters. The number of para-hydroxylation sites is 2. The highest BCUT2D eigenvalue weighted by atomic mass is 15.1. The lowest BCUT2D eigenvalue weighted by atomic mass is 9.67. The van der Waals surface area contributed by atoms with Gasteiger partial charge in [-0.2, -0.15) is 0 Å². The van der Waals surface area contributed by atoms with E-state index in [0.29, 0.717) is 0 Å². The summed E-state index contributed by atoms with van der Waals surface area (Å²) in [5.41, 5.74) is 18.7. The number of hydrogen-bond acceptors (Lipinski definition) is 1. The highest BCUT2D eigenvalue weighted by molar-refractivity contribution is 6.15. The molecular formula is C69H46N2. The van der Waals surface area contributed by atoms with Gasteiger partial charge in [-0.1, -0.05) is 218 Å². The third-order valence-corrected chi connectivity index (χ3v) is 15.0. The monoisotopic (exact) mass is 902 g/mol. The quantitative estimate of drug-likeness (QED) is 0.138. The van der Waals surface area contributed by atoms with E-state index in [2.05, 4.69) is 289 Å². The van der Waals surface area contributed by atoms with Crippen molar-refractivity contribution in [2.75, 3.05) is 4.90 Å². The maximum atomic E-state index is 2.47. The summed E-state index contributed by atoms with van der Waals surface area (Å²) in [6.45, 7) is 0. The van der Waals surface area contributed by atoms with E-state index >= 15 is 0 Å². The minimum absolute atomic E-state index is 0.510. The first kappa shape index (κ1) is 40.8. The molecule has 0 aliphatic heterocycles. The summed E-state index contributed by atoms with van der Waals surface area (Å²) in [6.07, 6.45) is 0. The summed E-state index contributed by atoms with van der Waals surface area (Å²) in [6, 6.07) is 103. The van der Waals surface area contributed by atoms with Gasteiger partial charge in [0, 0.05) is 33.2 Å². The lowest BCUT2D eigenvalue weighted by molar-refractivity contribution is 0.768. The van der Waals surface area contributed by atoms with E-state index in [1.807, 2.05) is 0 Å². The Bertz CT molecular complexity index is 4130. The zero-order valence-electron chi connectivity index (χ0n) is 39.0. The summed E-state index contributed by atoms with van der Waals surface area (Å²) < 4.78 is 2.47. The van der Waals surface area contributed by atoms with Crippen LogP contribution in [0.1, 0.15) is 22.3 Å². The second-order valence-corrected chi connectivity index (χ2v) is 18.8. The molecule has 332 valence electrons. The first-order valence-electron chi connectivity index (χ1n) is 24.6. The van der Waals surface area contributed by atoms with Crippen molar-refractivity contribution in [1.29, 1.82) is 0 Å². The SMILES string of the molecule is c1ccc(N(c2cccc(-c3ccccc3-c3ccc4c(c3)c3ccccc3n4-c3cc4ccccc4c4ccccc34)c2)c2ccc3c(c2)C(c2ccccc2)(c2ccccc2)c2ccccc2-3)cc1. The van der Waals surface area contributed by atoms with Crippen LogP contribution in [-0.2, 0) is 5.41 Å². The van der Waals surface area contributed by atoms with Crippen molar-refractivity contribution in [3.8, 4) is 39.1 Å². The maximum absolute atomic E-state index is 2.47. The van der Waals surface area contributed by atoms with Crippen LogP contribution in [-0.4, -0.2) is 4.57 Å². The smallest absolute Gasteiger partial charge is 0.0714 e. The van der Waals surface area contributed by atoms with Crippen LogP contribution in [0, 0.1) is 0 Å². The van der Waals surface area contributed by atoms with Gasteiger partial charge in [0.25, 0.3) is 0 Å². The molecule has 14 rings (SSSR count). The first-order chi connectivity index (χ1) is 35.2. The van der Waals surface area contributed by atoms with Crippen LogP contribution in [0.3, 0.4) is 0 Å². The fraction of sp³-hybridized carbons (Fsp3) is 0.0145. The number of aromatic nitrogens is 1. The van der Waals surface area contributed by atoms with Crippen LogP contribution in [0.15, 0.2) is 279 Å². The van der Waals surface area contributed by atoms with Gasteiger partial charge in [0.15, 0.2) is 0 Å². The third-order valence-electron chi connectivity index (χ3n) is 15.0. The van der Waals surface area contributed by atoms with E-state index in [-0.39, 0.29) is 0 Å². The largest absolute Gasteiger partial charge is 0.310 e. The molecular weight excluding hydrogens is 857 g/mol. The highest BCUT2D eigenvalue weighted by Gasteiger charge is 2.46. The maximum Gasteiger partial charge on any atom is 0.0714 e. The van der Waals surface area contributed by atoms with Gasteiger partial charge in [0.2, 0.25) is 0 Å². The van der Waals surface area contributed by atoms with Crippen molar-refractivity contribution in [1.82, 2.24) is 4.57 Å². The standard InChI is InChI=1S/C69H46N2/c1-4-23-50(24-5-1)69(51-25-6-2-7-26-51)64-37-18-16-34-59(64)60-41-40-54(46-65(60)69)70(52-27-8-3-9-28-52)53-29-20-22-47(43-53)55-30-12-13-31-56(55)49-39-42-67-63(44-49)62-36-17-19-38-66(62)71(67)68-45-48-21-10-11-32-57(48)58-33-14-15-35-61(58)68/h1-46H. The van der Waals surface area contributed by atoms with Gasteiger partial charge >= 0.3 is 0 Å². The second-order valence-electron chi connectivity index (χ2n) is 18.8. The Kier molecular flexibility index (Phi) is 9.47. The molecule has 0 spiro atoms. The molecule has 0 N–H and O–H groups in total. The minimum atomic E-state index is -0.510. The second kappa shape index (κ2) is 16.5. The van der Waals surface area contributed by atoms with Gasteiger partial charge in [0.05, 0.1) is 22.1 Å². The Labute approximate surface area is 413 Å². The lowest BCUT2D eigenvalue weighted by Gasteiger charge is -2.35. The fourth-order valence-electron chi connectivity index (χ4n) is 12.0. The van der Waals surface area contributed by atoms with Gasteiger partial charge in [-0.3, -0.25) is 0 Å². The molecule has 71 heavy (non-hydrogen) atoms. The Balaban J connectivity index is 0.919. The van der Waals surface area contributed by atoms with Gasteiger partial charge in [0.1, 0.15) is 0 Å². The van der Waals surface area contributed by atoms with Crippen molar-refractivity contribution in [3.05, 3.63) is 301 Å². The molecule has 1 aliphatic carbocycles. The topological polar surface area (TPSA) is 8.17 Å². The predicted molar refractivity (Wildman–Crippen MR) is 299 cm³/mol. The van der Waals surface area contributed by atoms with E-state index in [0.717, 1.165) is 22.6 Å². The molecule has 0 atom stereocenters. The van der Waals surface area contributed by atoms with Crippen molar-refractivity contribution in [3.63, 3.8) is 0 Å². The molecule has 0 saturated heterocycles. The van der Waals surface area contributed by atoms with Crippen LogP contribution >= 0.6 is 0 Å². The number of benzene rings is 12. The molecule has 0 bridgehead atoms. The van der Waals surface area contributed by atoms with Gasteiger partial charge in [-0.15, -0.1) is 0 Å². The van der Waals surface area contributed by atoms with Gasteiger partial charge < -0.3 is 9.47 Å². The number of hydrogen-bond donors (Lipinski definition) is 0. The Morgan fingerprint density at radius 2 is 0.817 bits per heavy atom. The Hall–Kier alpha value is -9.24. The van der Waals surface area contributed by atoms with Crippen molar-refractivity contribution < 1.29 is 0 Å². The summed E-state index contributed by atoms with van der Waals surface area (Å²) >= 11 is 0. The highest BCUT2D eigenvalue weighted by Crippen LogP contribution is 2.57. The van der Waals surface area contributed by atoms with E-state index in [1.165, 1.54) is 99.1 Å². The van der Waals surface area contributed by atoms with Crippen molar-refractivity contribution in [2.24, 2.45) is 0 Å². The summed E-state index contributed by atoms with van der Waals surface area (Å²) in [5, 5.41) is 7.48. The van der Waals surface area contributed by atoms with Crippen LogP contribution in [0.5, 0.6) is 0 Å². The zero-order chi connectivity index (χ0) is 46.9. The molecule has 0 amide bonds. The molecule has 1 aromatic heterocycles. The lowest BCUT2D eigenvalue weighted by Crippen LogP contribution is -2.28. The van der Waals surface area contributed by atoms with E-state index in [9.17, 15) is 0 Å². The van der Waals surface area contributed by atoms with Crippen LogP contribution in [0.4, 0.5) is 17.1 Å². The molecule has 2 nitrogen and oxygen atoms in total. The molecule has 1 heterocycles. The predicted octanol–water partition coefficient (Wildman–Crippen LogP) is 18.3. The summed E-state index contributed by atoms with van der Waals surface area (Å²) in [7, 11) is 0. The number of rotatable bonds is 8. The molecule has 12 aromatic carbocycles. The van der Waals surface area contributed by atoms with Gasteiger partial charge in [-0.25, -0.2) is 0 Å². The molecule has 2 heteroatoms. The Morgan fingerprint density at radius 1 is 0.282 bits per heavy atom. The fourth-order valence-corrected chi connectivity index (χ4v) is 12.0. The van der Waals surface area contributed by atoms with E-state index < -0.39 is 5.41 Å². The Morgan fingerprint density at radius 3 is 1.56 bits per heavy atom. The first-order valence-corrected chi connectivity index (χ1v) is 24.6. The normalized spacial score (nSPS) is 12.6. The van der Waals surface area contributed by atoms with Gasteiger partial charge in [-0.05, 0) is 132 Å². The zero-order valence-corrected chi connectivity index (χ0v) is 39.0. The number of fused-ring (bicyclic) bond motifs is 9. The molecule has 1 aliphatic rings. The molecule has 0 radical (unpaired) electrons. The minimum Gasteiger partial charge on any atom is -0.310 e. The van der Waals surface area contributed by atoms with Crippen LogP contribution in [0.2, 0.25) is 0 Å². The summed E-state index contributed by atoms with van der Waals surface area (Å²) in [4.78, 5) is 2.42. The number of nitrogens with zero attached hydrogens (tertiary/aromatic N) is 2. The number of anilines is 3. The van der Waals surface area contributed by atoms with E-state index in [4.69, 9.17) is 0 Å². The van der Waals surface area contributed by atoms with Crippen LogP contribution in [0.25, 0.3) is 82.4 Å². The van der Waals surface area contributed by atoms with Crippen LogP contribution < -0.4 is 4.90 Å². The third kappa shape index (κ3) is 6.35. The average molecular weight is 903 g/mol. The van der Waals surface area contributed by atoms with E-state index in [1.54, 1.807) is 0 Å². The molecule has 13 aromatic rings. The van der Waals surface area contributed by atoms with Crippen molar-refractivity contribution in [2.45, 2.75) is 5.41 Å². The average Bonchev–Trinajstić information content (AvgIpc) is 3.94.